The highest BCUT2D eigenvalue weighted by atomic mass is 32.9. The van der Waals surface area contributed by atoms with Crippen LogP contribution in [0.3, 0.4) is 0 Å². The molecular formula is C16H26N2PS4+. The Kier molecular flexibility index (Phi) is 5.85. The highest BCUT2D eigenvalue weighted by Gasteiger charge is 2.37. The van der Waals surface area contributed by atoms with E-state index in [0.717, 1.165) is 0 Å². The quantitative estimate of drug-likeness (QED) is 0.435. The predicted molar refractivity (Wildman–Crippen MR) is 110 cm³/mol. The van der Waals surface area contributed by atoms with Crippen molar-refractivity contribution in [2.24, 2.45) is 0 Å². The van der Waals surface area contributed by atoms with Gasteiger partial charge in [0.2, 0.25) is 0 Å². The van der Waals surface area contributed by atoms with Crippen LogP contribution in [0.15, 0.2) is 0 Å². The summed E-state index contributed by atoms with van der Waals surface area (Å²) in [6.07, 6.45) is 0. The number of hydrogen-bond acceptors (Lipinski definition) is 4. The van der Waals surface area contributed by atoms with Crippen LogP contribution >= 0.6 is 27.9 Å². The molecule has 7 heteroatoms. The summed E-state index contributed by atoms with van der Waals surface area (Å²) in [7, 11) is 0. The van der Waals surface area contributed by atoms with E-state index >= 15 is 0 Å². The number of thiazole rings is 2. The van der Waals surface area contributed by atoms with Crippen molar-refractivity contribution in [3.05, 3.63) is 21.1 Å². The fourth-order valence-electron chi connectivity index (χ4n) is 2.85. The standard InChI is InChI=1S/C16H26N2PS4/c1-9(2)17-11(5)13(7)22-15(17)19(20,21)16-18(10(3)4)12(6)14(8)23-16/h9-10H,1-8H3/q+1. The van der Waals surface area contributed by atoms with Crippen LogP contribution in [-0.4, -0.2) is 0 Å². The van der Waals surface area contributed by atoms with Crippen LogP contribution in [0, 0.1) is 27.7 Å². The van der Waals surface area contributed by atoms with E-state index in [1.165, 1.54) is 30.6 Å². The van der Waals surface area contributed by atoms with Gasteiger partial charge in [0.05, 0.1) is 9.75 Å². The first-order valence-electron chi connectivity index (χ1n) is 7.85. The average Bonchev–Trinajstić information content (AvgIpc) is 2.89. The molecule has 0 aliphatic heterocycles. The Hall–Kier alpha value is 0.260. The van der Waals surface area contributed by atoms with Gasteiger partial charge in [-0.3, -0.25) is 0 Å². The van der Waals surface area contributed by atoms with Gasteiger partial charge in [-0.25, -0.2) is 0 Å². The summed E-state index contributed by atoms with van der Waals surface area (Å²) in [5, 5.41) is -2.21. The van der Waals surface area contributed by atoms with Crippen molar-refractivity contribution in [1.29, 1.82) is 0 Å². The molecule has 2 aromatic rings. The zero-order chi connectivity index (χ0) is 17.7. The monoisotopic (exact) mass is 405 g/mol. The van der Waals surface area contributed by atoms with E-state index in [9.17, 15) is 0 Å². The van der Waals surface area contributed by atoms with Crippen molar-refractivity contribution >= 4 is 61.5 Å². The van der Waals surface area contributed by atoms with Crippen LogP contribution in [0.5, 0.6) is 0 Å². The van der Waals surface area contributed by atoms with Gasteiger partial charge < -0.3 is 12.2 Å². The Morgan fingerprint density at radius 2 is 1.13 bits per heavy atom. The van der Waals surface area contributed by atoms with Crippen molar-refractivity contribution in [3.8, 4) is 0 Å². The summed E-state index contributed by atoms with van der Waals surface area (Å²) in [6, 6.07) is 0.768. The van der Waals surface area contributed by atoms with Gasteiger partial charge in [0.1, 0.15) is 0 Å². The highest BCUT2D eigenvalue weighted by molar-refractivity contribution is 8.61. The Balaban J connectivity index is 2.77. The SMILES string of the molecule is Cc1sc(P(=S)([S-])c2sc(C)c(C)[n+]2C(C)C)[n+](C(C)C)c1C. The van der Waals surface area contributed by atoms with Crippen LogP contribution in [0.4, 0.5) is 0 Å². The molecule has 0 amide bonds. The first kappa shape index (κ1) is 19.6. The molecule has 2 rings (SSSR count). The Morgan fingerprint density at radius 3 is 1.39 bits per heavy atom. The topological polar surface area (TPSA) is 7.76 Å². The van der Waals surface area contributed by atoms with E-state index in [-0.39, 0.29) is 0 Å². The molecule has 0 radical (unpaired) electrons. The maximum atomic E-state index is 6.14. The van der Waals surface area contributed by atoms with E-state index in [0.29, 0.717) is 12.1 Å². The van der Waals surface area contributed by atoms with Crippen LogP contribution in [0.25, 0.3) is 0 Å². The Morgan fingerprint density at radius 1 is 0.826 bits per heavy atom. The molecule has 0 saturated heterocycles. The maximum absolute atomic E-state index is 6.14. The van der Waals surface area contributed by atoms with Crippen molar-refractivity contribution in [2.75, 3.05) is 0 Å². The second kappa shape index (κ2) is 6.87. The lowest BCUT2D eigenvalue weighted by molar-refractivity contribution is -0.704. The molecule has 0 aliphatic rings. The van der Waals surface area contributed by atoms with Gasteiger partial charge in [0.15, 0.2) is 23.5 Å². The fraction of sp³-hybridized carbons (Fsp3) is 0.625. The second-order valence-corrected chi connectivity index (χ2v) is 15.5. The van der Waals surface area contributed by atoms with Gasteiger partial charge in [-0.1, -0.05) is 34.5 Å². The largest absolute Gasteiger partial charge is 0.724 e. The molecule has 2 heterocycles. The van der Waals surface area contributed by atoms with Gasteiger partial charge in [0, 0.05) is 19.1 Å². The van der Waals surface area contributed by atoms with E-state index in [1.54, 1.807) is 22.7 Å². The average molecular weight is 406 g/mol. The molecule has 0 aromatic carbocycles. The molecule has 0 bridgehead atoms. The van der Waals surface area contributed by atoms with E-state index in [4.69, 9.17) is 24.1 Å². The molecule has 2 nitrogen and oxygen atoms in total. The number of hydrogen-bond donors (Lipinski definition) is 0. The van der Waals surface area contributed by atoms with E-state index in [2.05, 4.69) is 64.5 Å². The van der Waals surface area contributed by atoms with Crippen LogP contribution in [-0.2, 0) is 24.1 Å². The third-order valence-corrected chi connectivity index (χ3v) is 13.2. The lowest BCUT2D eigenvalue weighted by atomic mass is 10.3. The second-order valence-electron chi connectivity index (χ2n) is 6.53. The Bertz CT molecular complexity index is 724. The van der Waals surface area contributed by atoms with Crippen molar-refractivity contribution < 1.29 is 9.13 Å². The van der Waals surface area contributed by atoms with Crippen LogP contribution in [0.1, 0.15) is 60.9 Å². The lowest BCUT2D eigenvalue weighted by Crippen LogP contribution is -2.55. The molecule has 23 heavy (non-hydrogen) atoms. The zero-order valence-corrected chi connectivity index (χ0v) is 19.3. The highest BCUT2D eigenvalue weighted by Crippen LogP contribution is 2.44. The molecule has 0 unspecified atom stereocenters. The summed E-state index contributed by atoms with van der Waals surface area (Å²) in [5.74, 6) is 0. The van der Waals surface area contributed by atoms with Crippen LogP contribution < -0.4 is 18.6 Å². The van der Waals surface area contributed by atoms with Crippen LogP contribution in [0.2, 0.25) is 0 Å². The molecule has 0 atom stereocenters. The third kappa shape index (κ3) is 3.35. The first-order chi connectivity index (χ1) is 10.5. The lowest BCUT2D eigenvalue weighted by Gasteiger charge is -2.21. The maximum Gasteiger partial charge on any atom is 0.255 e. The first-order valence-corrected chi connectivity index (χ1v) is 13.3. The molecule has 0 aliphatic carbocycles. The summed E-state index contributed by atoms with van der Waals surface area (Å²) in [5.41, 5.74) is 2.61. The van der Waals surface area contributed by atoms with Crippen molar-refractivity contribution in [1.82, 2.24) is 0 Å². The van der Waals surface area contributed by atoms with Gasteiger partial charge in [-0.15, -0.1) is 0 Å². The van der Waals surface area contributed by atoms with E-state index in [1.807, 2.05) is 0 Å². The molecule has 128 valence electrons. The molecule has 0 saturated carbocycles. The minimum absolute atomic E-state index is 0.384. The Labute approximate surface area is 158 Å². The summed E-state index contributed by atoms with van der Waals surface area (Å²) >= 11 is 15.9. The van der Waals surface area contributed by atoms with Crippen molar-refractivity contribution in [2.45, 2.75) is 67.5 Å². The summed E-state index contributed by atoms with van der Waals surface area (Å²) < 4.78 is 7.18. The number of aryl methyl sites for hydroxylation is 2. The van der Waals surface area contributed by atoms with Gasteiger partial charge in [-0.05, 0) is 41.5 Å². The molecule has 0 spiro atoms. The minimum Gasteiger partial charge on any atom is -0.724 e. The van der Waals surface area contributed by atoms with Gasteiger partial charge in [-0.2, -0.15) is 9.13 Å². The molecule has 0 fully saturated rings. The normalized spacial score (nSPS) is 12.7. The summed E-state index contributed by atoms with van der Waals surface area (Å²) in [6.45, 7) is 17.6. The zero-order valence-electron chi connectivity index (χ0n) is 15.1. The predicted octanol–water partition coefficient (Wildman–Crippen LogP) is 3.67. The number of nitrogens with zero attached hydrogens (tertiary/aromatic N) is 2. The molecule has 2 aromatic heterocycles. The summed E-state index contributed by atoms with van der Waals surface area (Å²) in [4.78, 5) is 2.66. The van der Waals surface area contributed by atoms with Gasteiger partial charge >= 0.3 is 0 Å². The smallest absolute Gasteiger partial charge is 0.255 e. The number of aromatic nitrogens is 2. The third-order valence-electron chi connectivity index (χ3n) is 4.18. The number of rotatable bonds is 4. The molecular weight excluding hydrogens is 379 g/mol. The van der Waals surface area contributed by atoms with Crippen molar-refractivity contribution in [3.63, 3.8) is 0 Å². The van der Waals surface area contributed by atoms with Gasteiger partial charge in [0.25, 0.3) is 9.50 Å². The minimum atomic E-state index is -2.21. The molecule has 0 N–H and O–H groups in total. The van der Waals surface area contributed by atoms with E-state index < -0.39 is 5.24 Å². The fourth-order valence-corrected chi connectivity index (χ4v) is 11.1.